The molecule has 0 bridgehead atoms. The molecule has 5 nitrogen and oxygen atoms in total. The topological polar surface area (TPSA) is 69.6 Å². The number of carbonyl (C=O) groups is 2. The van der Waals surface area contributed by atoms with Crippen LogP contribution >= 0.6 is 0 Å². The lowest BCUT2D eigenvalue weighted by Crippen LogP contribution is -2.47. The molecule has 0 aromatic heterocycles. The highest BCUT2D eigenvalue weighted by Crippen LogP contribution is 2.32. The first kappa shape index (κ1) is 16.3. The number of carbonyl (C=O) groups excluding carboxylic acids is 1. The number of rotatable bonds is 7. The number of hydrogen-bond donors (Lipinski definition) is 2. The number of aliphatic carboxylic acids is 1. The van der Waals surface area contributed by atoms with Crippen molar-refractivity contribution in [2.75, 3.05) is 13.1 Å². The molecule has 2 rings (SSSR count). The second-order valence-corrected chi connectivity index (χ2v) is 6.58. The van der Waals surface area contributed by atoms with E-state index >= 15 is 0 Å². The monoisotopic (exact) mass is 296 g/mol. The van der Waals surface area contributed by atoms with Gasteiger partial charge in [-0.1, -0.05) is 13.8 Å². The number of carboxylic acids is 1. The van der Waals surface area contributed by atoms with Gasteiger partial charge in [-0.2, -0.15) is 0 Å². The molecule has 1 amide bonds. The van der Waals surface area contributed by atoms with E-state index in [-0.39, 0.29) is 18.4 Å². The Morgan fingerprint density at radius 1 is 1.14 bits per heavy atom. The third-order valence-corrected chi connectivity index (χ3v) is 5.26. The van der Waals surface area contributed by atoms with Gasteiger partial charge in [-0.25, -0.2) is 0 Å². The maximum Gasteiger partial charge on any atom is 0.310 e. The molecule has 21 heavy (non-hydrogen) atoms. The second kappa shape index (κ2) is 6.77. The highest BCUT2D eigenvalue weighted by Gasteiger charge is 2.38. The zero-order chi connectivity index (χ0) is 15.5. The van der Waals surface area contributed by atoms with Crippen molar-refractivity contribution >= 4 is 11.9 Å². The van der Waals surface area contributed by atoms with Crippen LogP contribution in [0.3, 0.4) is 0 Å². The molecule has 1 aliphatic carbocycles. The first-order valence-electron chi connectivity index (χ1n) is 8.27. The van der Waals surface area contributed by atoms with Gasteiger partial charge < -0.3 is 15.3 Å². The Kier molecular flexibility index (Phi) is 5.25. The fourth-order valence-electron chi connectivity index (χ4n) is 3.31. The van der Waals surface area contributed by atoms with Crippen LogP contribution in [-0.4, -0.2) is 47.1 Å². The van der Waals surface area contributed by atoms with Crippen LogP contribution in [0.25, 0.3) is 0 Å². The van der Waals surface area contributed by atoms with E-state index in [2.05, 4.69) is 10.2 Å². The molecule has 5 heteroatoms. The smallest absolute Gasteiger partial charge is 0.310 e. The van der Waals surface area contributed by atoms with Crippen molar-refractivity contribution in [3.05, 3.63) is 0 Å². The first-order valence-corrected chi connectivity index (χ1v) is 8.27. The van der Waals surface area contributed by atoms with Crippen molar-refractivity contribution in [1.29, 1.82) is 0 Å². The molecular weight excluding hydrogens is 268 g/mol. The van der Waals surface area contributed by atoms with Crippen LogP contribution in [-0.2, 0) is 9.59 Å². The molecule has 1 aliphatic heterocycles. The van der Waals surface area contributed by atoms with E-state index in [1.807, 2.05) is 13.8 Å². The van der Waals surface area contributed by atoms with Crippen LogP contribution in [0.2, 0.25) is 0 Å². The molecular formula is C16H28N2O3. The number of piperidine rings is 1. The Hall–Kier alpha value is -1.10. The van der Waals surface area contributed by atoms with Crippen LogP contribution in [0.1, 0.15) is 58.8 Å². The zero-order valence-electron chi connectivity index (χ0n) is 13.2. The fraction of sp³-hybridized carbons (Fsp3) is 0.875. The normalized spacial score (nSPS) is 21.2. The average molecular weight is 296 g/mol. The summed E-state index contributed by atoms with van der Waals surface area (Å²) in [7, 11) is 0. The van der Waals surface area contributed by atoms with Crippen molar-refractivity contribution in [2.45, 2.75) is 70.9 Å². The van der Waals surface area contributed by atoms with Crippen molar-refractivity contribution in [2.24, 2.45) is 5.41 Å². The molecule has 2 aliphatic rings. The number of nitrogens with one attached hydrogen (secondary N) is 1. The highest BCUT2D eigenvalue weighted by molar-refractivity contribution is 5.85. The van der Waals surface area contributed by atoms with Crippen LogP contribution in [0.4, 0.5) is 0 Å². The maximum absolute atomic E-state index is 12.2. The van der Waals surface area contributed by atoms with E-state index in [1.54, 1.807) is 0 Å². The Bertz CT molecular complexity index is 381. The van der Waals surface area contributed by atoms with Gasteiger partial charge in [0, 0.05) is 31.6 Å². The Labute approximate surface area is 127 Å². The minimum atomic E-state index is -0.904. The second-order valence-electron chi connectivity index (χ2n) is 6.58. The van der Waals surface area contributed by atoms with Gasteiger partial charge in [-0.05, 0) is 38.5 Å². The van der Waals surface area contributed by atoms with Gasteiger partial charge in [0.25, 0.3) is 0 Å². The van der Waals surface area contributed by atoms with E-state index in [9.17, 15) is 14.7 Å². The summed E-state index contributed by atoms with van der Waals surface area (Å²) in [6, 6.07) is 1.01. The standard InChI is InChI=1S/C16H28N2O3/c1-3-16(4-2,15(20)21)11-14(19)17-12-7-9-18(10-8-12)13-5-6-13/h12-13H,3-11H2,1-2H3,(H,17,19)(H,20,21). The molecule has 0 radical (unpaired) electrons. The van der Waals surface area contributed by atoms with Gasteiger partial charge in [0.2, 0.25) is 5.91 Å². The molecule has 0 spiro atoms. The minimum Gasteiger partial charge on any atom is -0.481 e. The average Bonchev–Trinajstić information content (AvgIpc) is 3.30. The lowest BCUT2D eigenvalue weighted by molar-refractivity contribution is -0.152. The van der Waals surface area contributed by atoms with Crippen molar-refractivity contribution < 1.29 is 14.7 Å². The molecule has 120 valence electrons. The summed E-state index contributed by atoms with van der Waals surface area (Å²) in [5.41, 5.74) is -0.904. The van der Waals surface area contributed by atoms with Crippen molar-refractivity contribution in [3.8, 4) is 0 Å². The largest absolute Gasteiger partial charge is 0.481 e. The molecule has 1 heterocycles. The quantitative estimate of drug-likeness (QED) is 0.754. The van der Waals surface area contributed by atoms with Gasteiger partial charge >= 0.3 is 5.97 Å². The van der Waals surface area contributed by atoms with E-state index in [0.717, 1.165) is 32.0 Å². The van der Waals surface area contributed by atoms with Gasteiger partial charge in [0.15, 0.2) is 0 Å². The molecule has 2 fully saturated rings. The summed E-state index contributed by atoms with van der Waals surface area (Å²) < 4.78 is 0. The lowest BCUT2D eigenvalue weighted by atomic mass is 9.79. The number of nitrogens with zero attached hydrogens (tertiary/aromatic N) is 1. The van der Waals surface area contributed by atoms with E-state index in [4.69, 9.17) is 0 Å². The number of likely N-dealkylation sites (tertiary alicyclic amines) is 1. The van der Waals surface area contributed by atoms with Crippen LogP contribution in [0, 0.1) is 5.41 Å². The van der Waals surface area contributed by atoms with Crippen LogP contribution < -0.4 is 5.32 Å². The van der Waals surface area contributed by atoms with Crippen molar-refractivity contribution in [1.82, 2.24) is 10.2 Å². The van der Waals surface area contributed by atoms with Gasteiger partial charge in [-0.3, -0.25) is 9.59 Å². The van der Waals surface area contributed by atoms with Gasteiger partial charge in [0.1, 0.15) is 0 Å². The summed E-state index contributed by atoms with van der Waals surface area (Å²) >= 11 is 0. The highest BCUT2D eigenvalue weighted by atomic mass is 16.4. The third kappa shape index (κ3) is 3.96. The predicted molar refractivity (Wildman–Crippen MR) is 81.0 cm³/mol. The van der Waals surface area contributed by atoms with Crippen LogP contribution in [0.5, 0.6) is 0 Å². The lowest BCUT2D eigenvalue weighted by Gasteiger charge is -2.33. The first-order chi connectivity index (χ1) is 10.0. The molecule has 0 atom stereocenters. The Morgan fingerprint density at radius 2 is 1.71 bits per heavy atom. The van der Waals surface area contributed by atoms with Gasteiger partial charge in [-0.15, -0.1) is 0 Å². The molecule has 0 aromatic carbocycles. The SMILES string of the molecule is CCC(CC)(CC(=O)NC1CCN(C2CC2)CC1)C(=O)O. The molecule has 0 aromatic rings. The summed E-state index contributed by atoms with van der Waals surface area (Å²) in [4.78, 5) is 26.2. The summed E-state index contributed by atoms with van der Waals surface area (Å²) in [5, 5.41) is 12.4. The van der Waals surface area contributed by atoms with E-state index in [1.165, 1.54) is 12.8 Å². The Morgan fingerprint density at radius 3 is 2.14 bits per heavy atom. The van der Waals surface area contributed by atoms with Crippen molar-refractivity contribution in [3.63, 3.8) is 0 Å². The van der Waals surface area contributed by atoms with E-state index in [0.29, 0.717) is 12.8 Å². The zero-order valence-corrected chi connectivity index (χ0v) is 13.2. The summed E-state index contributed by atoms with van der Waals surface area (Å²) in [5.74, 6) is -0.961. The van der Waals surface area contributed by atoms with Gasteiger partial charge in [0.05, 0.1) is 5.41 Å². The predicted octanol–water partition coefficient (Wildman–Crippen LogP) is 2.01. The number of carboxylic acid groups (broad SMARTS) is 1. The Balaban J connectivity index is 1.79. The third-order valence-electron chi connectivity index (χ3n) is 5.26. The summed E-state index contributed by atoms with van der Waals surface area (Å²) in [6.07, 6.45) is 5.70. The molecule has 2 N–H and O–H groups in total. The minimum absolute atomic E-state index is 0.0954. The maximum atomic E-state index is 12.2. The molecule has 0 unspecified atom stereocenters. The summed E-state index contributed by atoms with van der Waals surface area (Å²) in [6.45, 7) is 5.81. The molecule has 1 saturated heterocycles. The number of amides is 1. The van der Waals surface area contributed by atoms with E-state index < -0.39 is 11.4 Å². The van der Waals surface area contributed by atoms with Crippen LogP contribution in [0.15, 0.2) is 0 Å². The number of hydrogen-bond acceptors (Lipinski definition) is 3. The fourth-order valence-corrected chi connectivity index (χ4v) is 3.31. The molecule has 1 saturated carbocycles.